The molecule has 0 aliphatic carbocycles. The van der Waals surface area contributed by atoms with Crippen LogP contribution in [0, 0.1) is 0 Å². The summed E-state index contributed by atoms with van der Waals surface area (Å²) in [6.45, 7) is 0. The predicted molar refractivity (Wildman–Crippen MR) is 85.4 cm³/mol. The second-order valence-electron chi connectivity index (χ2n) is 4.36. The third-order valence-electron chi connectivity index (χ3n) is 2.99. The van der Waals surface area contributed by atoms with Gasteiger partial charge >= 0.3 is 0 Å². The number of benzene rings is 2. The van der Waals surface area contributed by atoms with Crippen molar-refractivity contribution in [1.82, 2.24) is 4.98 Å². The zero-order valence-corrected chi connectivity index (χ0v) is 12.6. The van der Waals surface area contributed by atoms with Crippen LogP contribution in [0.5, 0.6) is 0 Å². The Balaban J connectivity index is 1.86. The molecule has 0 radical (unpaired) electrons. The molecule has 0 spiro atoms. The molecule has 1 amide bonds. The van der Waals surface area contributed by atoms with Crippen molar-refractivity contribution < 1.29 is 4.79 Å². The lowest BCUT2D eigenvalue weighted by Gasteiger charge is -2.06. The third-order valence-corrected chi connectivity index (χ3v) is 4.23. The average Bonchev–Trinajstić information content (AvgIpc) is 2.90. The van der Waals surface area contributed by atoms with Crippen LogP contribution in [0.15, 0.2) is 53.1 Å². The van der Waals surface area contributed by atoms with E-state index in [0.29, 0.717) is 16.3 Å². The molecule has 3 nitrogen and oxygen atoms in total. The van der Waals surface area contributed by atoms with Crippen LogP contribution in [0.2, 0.25) is 5.02 Å². The Hall–Kier alpha value is -1.78. The van der Waals surface area contributed by atoms with Gasteiger partial charge in [0.15, 0.2) is 0 Å². The van der Waals surface area contributed by atoms with Gasteiger partial charge in [-0.25, -0.2) is 0 Å². The Kier molecular flexibility index (Phi) is 3.51. The number of aromatic nitrogens is 1. The van der Waals surface area contributed by atoms with Crippen molar-refractivity contribution in [2.24, 2.45) is 0 Å². The van der Waals surface area contributed by atoms with Crippen molar-refractivity contribution in [1.29, 1.82) is 0 Å². The van der Waals surface area contributed by atoms with Gasteiger partial charge in [0, 0.05) is 27.4 Å². The highest BCUT2D eigenvalue weighted by molar-refractivity contribution is 9.10. The number of carbonyl (C=O) groups is 1. The zero-order valence-electron chi connectivity index (χ0n) is 10.3. The smallest absolute Gasteiger partial charge is 0.255 e. The molecule has 3 rings (SSSR count). The number of anilines is 1. The maximum Gasteiger partial charge on any atom is 0.255 e. The Labute approximate surface area is 129 Å². The van der Waals surface area contributed by atoms with Crippen molar-refractivity contribution in [3.8, 4) is 0 Å². The van der Waals surface area contributed by atoms with E-state index in [9.17, 15) is 4.79 Å². The first kappa shape index (κ1) is 13.2. The number of nitrogens with one attached hydrogen (secondary N) is 2. The molecule has 1 aromatic heterocycles. The summed E-state index contributed by atoms with van der Waals surface area (Å²) < 4.78 is 0.796. The van der Waals surface area contributed by atoms with E-state index in [0.717, 1.165) is 15.4 Å². The molecular weight excluding hydrogens is 340 g/mol. The third kappa shape index (κ3) is 2.57. The van der Waals surface area contributed by atoms with Crippen LogP contribution in [0.25, 0.3) is 10.9 Å². The molecule has 100 valence electrons. The number of hydrogen-bond donors (Lipinski definition) is 2. The van der Waals surface area contributed by atoms with Gasteiger partial charge in [0.2, 0.25) is 0 Å². The largest absolute Gasteiger partial charge is 0.361 e. The van der Waals surface area contributed by atoms with Gasteiger partial charge in [-0.15, -0.1) is 0 Å². The van der Waals surface area contributed by atoms with Crippen molar-refractivity contribution >= 4 is 50.0 Å². The average molecular weight is 350 g/mol. The minimum Gasteiger partial charge on any atom is -0.361 e. The molecule has 0 unspecified atom stereocenters. The number of amides is 1. The predicted octanol–water partition coefficient (Wildman–Crippen LogP) is 4.84. The topological polar surface area (TPSA) is 44.9 Å². The van der Waals surface area contributed by atoms with Crippen molar-refractivity contribution in [3.63, 3.8) is 0 Å². The minimum absolute atomic E-state index is 0.167. The molecule has 0 atom stereocenters. The van der Waals surface area contributed by atoms with Crippen LogP contribution in [0.1, 0.15) is 10.4 Å². The van der Waals surface area contributed by atoms with Crippen molar-refractivity contribution in [3.05, 3.63) is 63.7 Å². The van der Waals surface area contributed by atoms with Gasteiger partial charge in [0.05, 0.1) is 5.02 Å². The lowest BCUT2D eigenvalue weighted by molar-refractivity contribution is 0.102. The summed E-state index contributed by atoms with van der Waals surface area (Å²) in [5.41, 5.74) is 2.19. The molecule has 2 aromatic carbocycles. The lowest BCUT2D eigenvalue weighted by Crippen LogP contribution is -2.11. The van der Waals surface area contributed by atoms with E-state index in [1.807, 2.05) is 24.4 Å². The van der Waals surface area contributed by atoms with Crippen molar-refractivity contribution in [2.75, 3.05) is 5.32 Å². The monoisotopic (exact) mass is 348 g/mol. The van der Waals surface area contributed by atoms with Gasteiger partial charge < -0.3 is 10.3 Å². The summed E-state index contributed by atoms with van der Waals surface area (Å²) >= 11 is 9.32. The van der Waals surface area contributed by atoms with Gasteiger partial charge in [-0.3, -0.25) is 4.79 Å². The molecule has 0 aliphatic rings. The molecule has 1 heterocycles. The van der Waals surface area contributed by atoms with Gasteiger partial charge in [0.1, 0.15) is 0 Å². The summed E-state index contributed by atoms with van der Waals surface area (Å²) in [5, 5.41) is 4.46. The number of hydrogen-bond acceptors (Lipinski definition) is 1. The molecule has 0 aliphatic heterocycles. The van der Waals surface area contributed by atoms with Crippen LogP contribution in [0.4, 0.5) is 5.69 Å². The first-order valence-electron chi connectivity index (χ1n) is 5.97. The standard InChI is InChI=1S/C15H10BrClN2O/c16-12-4-3-11(8-13(12)17)19-15(20)10-2-1-9-5-6-18-14(9)7-10/h1-8,18H,(H,19,20). The maximum atomic E-state index is 12.2. The fourth-order valence-electron chi connectivity index (χ4n) is 1.97. The number of H-pyrrole nitrogens is 1. The zero-order chi connectivity index (χ0) is 14.1. The van der Waals surface area contributed by atoms with E-state index >= 15 is 0 Å². The van der Waals surface area contributed by atoms with Crippen LogP contribution in [0.3, 0.4) is 0 Å². The highest BCUT2D eigenvalue weighted by Crippen LogP contribution is 2.26. The number of halogens is 2. The molecule has 0 saturated carbocycles. The van der Waals surface area contributed by atoms with E-state index in [-0.39, 0.29) is 5.91 Å². The van der Waals surface area contributed by atoms with E-state index in [2.05, 4.69) is 26.2 Å². The van der Waals surface area contributed by atoms with Gasteiger partial charge in [0.25, 0.3) is 5.91 Å². The summed E-state index contributed by atoms with van der Waals surface area (Å²) in [6, 6.07) is 12.8. The van der Waals surface area contributed by atoms with Crippen LogP contribution < -0.4 is 5.32 Å². The van der Waals surface area contributed by atoms with Gasteiger partial charge in [-0.05, 0) is 57.7 Å². The van der Waals surface area contributed by atoms with Crippen LogP contribution in [-0.4, -0.2) is 10.9 Å². The molecule has 5 heteroatoms. The SMILES string of the molecule is O=C(Nc1ccc(Br)c(Cl)c1)c1ccc2cc[nH]c2c1. The first-order chi connectivity index (χ1) is 9.63. The van der Waals surface area contributed by atoms with Gasteiger partial charge in [-0.2, -0.15) is 0 Å². The number of fused-ring (bicyclic) bond motifs is 1. The molecule has 20 heavy (non-hydrogen) atoms. The highest BCUT2D eigenvalue weighted by atomic mass is 79.9. The number of rotatable bonds is 2. The number of aromatic amines is 1. The minimum atomic E-state index is -0.167. The normalized spacial score (nSPS) is 10.7. The van der Waals surface area contributed by atoms with E-state index in [4.69, 9.17) is 11.6 Å². The second kappa shape index (κ2) is 5.31. The molecular formula is C15H10BrClN2O. The number of carbonyl (C=O) groups excluding carboxylic acids is 1. The summed E-state index contributed by atoms with van der Waals surface area (Å²) in [6.07, 6.45) is 1.85. The highest BCUT2D eigenvalue weighted by Gasteiger charge is 2.08. The quantitative estimate of drug-likeness (QED) is 0.683. The van der Waals surface area contributed by atoms with Crippen LogP contribution >= 0.6 is 27.5 Å². The van der Waals surface area contributed by atoms with Gasteiger partial charge in [-0.1, -0.05) is 17.7 Å². The first-order valence-corrected chi connectivity index (χ1v) is 7.14. The molecule has 3 aromatic rings. The van der Waals surface area contributed by atoms with E-state index in [1.165, 1.54) is 0 Å². The fourth-order valence-corrected chi connectivity index (χ4v) is 2.39. The Morgan fingerprint density at radius 1 is 1.15 bits per heavy atom. The maximum absolute atomic E-state index is 12.2. The molecule has 0 saturated heterocycles. The fraction of sp³-hybridized carbons (Fsp3) is 0. The summed E-state index contributed by atoms with van der Waals surface area (Å²) in [4.78, 5) is 15.3. The lowest BCUT2D eigenvalue weighted by atomic mass is 10.1. The van der Waals surface area contributed by atoms with Crippen molar-refractivity contribution in [2.45, 2.75) is 0 Å². The molecule has 0 fully saturated rings. The summed E-state index contributed by atoms with van der Waals surface area (Å²) in [5.74, 6) is -0.167. The Morgan fingerprint density at radius 2 is 2.00 bits per heavy atom. The second-order valence-corrected chi connectivity index (χ2v) is 5.62. The Bertz CT molecular complexity index is 797. The van der Waals surface area contributed by atoms with E-state index < -0.39 is 0 Å². The van der Waals surface area contributed by atoms with E-state index in [1.54, 1.807) is 24.3 Å². The molecule has 2 N–H and O–H groups in total. The summed E-state index contributed by atoms with van der Waals surface area (Å²) in [7, 11) is 0. The molecule has 0 bridgehead atoms. The van der Waals surface area contributed by atoms with Crippen LogP contribution in [-0.2, 0) is 0 Å². The Morgan fingerprint density at radius 3 is 2.80 bits per heavy atom.